The summed E-state index contributed by atoms with van der Waals surface area (Å²) in [7, 11) is 0. The highest BCUT2D eigenvalue weighted by molar-refractivity contribution is 6.76. The van der Waals surface area contributed by atoms with E-state index >= 15 is 0 Å². The molecule has 0 spiro atoms. The first-order valence-corrected chi connectivity index (χ1v) is 10.00. The molecule has 8 heteroatoms. The molecule has 144 valence electrons. The first kappa shape index (κ1) is 19.2. The van der Waals surface area contributed by atoms with Crippen molar-refractivity contribution in [2.45, 2.75) is 3.79 Å². The molecule has 0 atom stereocenters. The molecule has 0 unspecified atom stereocenters. The molecule has 0 saturated carbocycles. The lowest BCUT2D eigenvalue weighted by Crippen LogP contribution is -2.52. The predicted octanol–water partition coefficient (Wildman–Crippen LogP) is 4.32. The number of aromatic nitrogens is 2. The minimum atomic E-state index is -1.93. The number of para-hydroxylation sites is 2. The number of anilines is 1. The van der Waals surface area contributed by atoms with Crippen LogP contribution in [0.5, 0.6) is 0 Å². The molecule has 0 aliphatic carbocycles. The lowest BCUT2D eigenvalue weighted by molar-refractivity contribution is -0.130. The van der Waals surface area contributed by atoms with E-state index in [-0.39, 0.29) is 0 Å². The summed E-state index contributed by atoms with van der Waals surface area (Å²) in [4.78, 5) is 25.6. The van der Waals surface area contributed by atoms with Crippen molar-refractivity contribution >= 4 is 57.6 Å². The molecule has 1 aliphatic rings. The number of fused-ring (bicyclic) bond motifs is 1. The van der Waals surface area contributed by atoms with Crippen molar-refractivity contribution in [3.05, 3.63) is 54.6 Å². The van der Waals surface area contributed by atoms with Gasteiger partial charge < -0.3 is 9.80 Å². The average Bonchev–Trinajstić information content (AvgIpc) is 2.72. The van der Waals surface area contributed by atoms with Crippen molar-refractivity contribution < 1.29 is 4.79 Å². The zero-order chi connectivity index (χ0) is 19.7. The van der Waals surface area contributed by atoms with Crippen molar-refractivity contribution in [3.63, 3.8) is 0 Å². The number of hydrogen-bond acceptors (Lipinski definition) is 4. The Kier molecular flexibility index (Phi) is 5.32. The van der Waals surface area contributed by atoms with E-state index in [1.54, 1.807) is 4.90 Å². The highest BCUT2D eigenvalue weighted by Crippen LogP contribution is 2.32. The predicted molar refractivity (Wildman–Crippen MR) is 114 cm³/mol. The molecular formula is C20H17Cl3N4O. The van der Waals surface area contributed by atoms with Gasteiger partial charge in [0.2, 0.25) is 0 Å². The van der Waals surface area contributed by atoms with Gasteiger partial charge in [0.05, 0.1) is 11.0 Å². The maximum absolute atomic E-state index is 12.2. The van der Waals surface area contributed by atoms with E-state index in [2.05, 4.69) is 4.90 Å². The van der Waals surface area contributed by atoms with Crippen molar-refractivity contribution in [3.8, 4) is 11.3 Å². The van der Waals surface area contributed by atoms with E-state index in [4.69, 9.17) is 44.8 Å². The number of halogens is 3. The summed E-state index contributed by atoms with van der Waals surface area (Å²) in [6, 6.07) is 17.8. The van der Waals surface area contributed by atoms with Gasteiger partial charge >= 0.3 is 0 Å². The Balaban J connectivity index is 1.68. The molecule has 1 saturated heterocycles. The van der Waals surface area contributed by atoms with Crippen LogP contribution < -0.4 is 4.90 Å². The highest BCUT2D eigenvalue weighted by atomic mass is 35.6. The number of alkyl halides is 3. The maximum atomic E-state index is 12.2. The fourth-order valence-electron chi connectivity index (χ4n) is 3.30. The van der Waals surface area contributed by atoms with Gasteiger partial charge in [0.1, 0.15) is 5.69 Å². The minimum Gasteiger partial charge on any atom is -0.351 e. The molecule has 1 fully saturated rings. The molecule has 0 N–H and O–H groups in total. The summed E-state index contributed by atoms with van der Waals surface area (Å²) in [5.74, 6) is 0.302. The Bertz CT molecular complexity index is 999. The van der Waals surface area contributed by atoms with Crippen LogP contribution in [0.15, 0.2) is 54.6 Å². The maximum Gasteiger partial charge on any atom is 0.274 e. The molecule has 1 amide bonds. The van der Waals surface area contributed by atoms with Crippen LogP contribution in [0, 0.1) is 0 Å². The van der Waals surface area contributed by atoms with Crippen molar-refractivity contribution in [2.75, 3.05) is 31.1 Å². The van der Waals surface area contributed by atoms with Crippen molar-refractivity contribution in [1.29, 1.82) is 0 Å². The van der Waals surface area contributed by atoms with Crippen LogP contribution >= 0.6 is 34.8 Å². The third kappa shape index (κ3) is 3.88. The Morgan fingerprint density at radius 2 is 1.39 bits per heavy atom. The van der Waals surface area contributed by atoms with E-state index in [0.29, 0.717) is 26.2 Å². The van der Waals surface area contributed by atoms with Crippen LogP contribution in [-0.2, 0) is 4.79 Å². The minimum absolute atomic E-state index is 0.454. The van der Waals surface area contributed by atoms with E-state index in [1.165, 1.54) is 0 Å². The lowest BCUT2D eigenvalue weighted by atomic mass is 10.1. The van der Waals surface area contributed by atoms with E-state index < -0.39 is 9.70 Å². The second-order valence-corrected chi connectivity index (χ2v) is 8.81. The summed E-state index contributed by atoms with van der Waals surface area (Å²) in [5.41, 5.74) is 3.49. The quantitative estimate of drug-likeness (QED) is 0.563. The number of amides is 1. The van der Waals surface area contributed by atoms with Gasteiger partial charge in [-0.1, -0.05) is 77.3 Å². The molecule has 1 aliphatic heterocycles. The molecule has 0 radical (unpaired) electrons. The summed E-state index contributed by atoms with van der Waals surface area (Å²) >= 11 is 17.2. The van der Waals surface area contributed by atoms with Crippen LogP contribution in [0.3, 0.4) is 0 Å². The van der Waals surface area contributed by atoms with Crippen molar-refractivity contribution in [1.82, 2.24) is 14.9 Å². The monoisotopic (exact) mass is 434 g/mol. The number of rotatable bonds is 2. The normalized spacial score (nSPS) is 15.1. The second kappa shape index (κ2) is 7.74. The fourth-order valence-corrected chi connectivity index (χ4v) is 3.66. The molecule has 2 heterocycles. The number of hydrogen-bond donors (Lipinski definition) is 0. The van der Waals surface area contributed by atoms with Gasteiger partial charge in [-0.25, -0.2) is 9.97 Å². The molecule has 28 heavy (non-hydrogen) atoms. The largest absolute Gasteiger partial charge is 0.351 e. The van der Waals surface area contributed by atoms with E-state index in [1.807, 2.05) is 54.6 Å². The summed E-state index contributed by atoms with van der Waals surface area (Å²) in [6.45, 7) is 2.07. The number of carbonyl (C=O) groups is 1. The third-order valence-corrected chi connectivity index (χ3v) is 5.19. The number of piperazine rings is 1. The zero-order valence-corrected chi connectivity index (χ0v) is 17.1. The number of carbonyl (C=O) groups excluding carboxylic acids is 1. The van der Waals surface area contributed by atoms with Gasteiger partial charge in [0.15, 0.2) is 5.82 Å². The molecule has 5 nitrogen and oxygen atoms in total. The molecule has 0 bridgehead atoms. The second-order valence-electron chi connectivity index (χ2n) is 6.53. The molecule has 3 aromatic rings. The Morgan fingerprint density at radius 1 is 0.821 bits per heavy atom. The van der Waals surface area contributed by atoms with E-state index in [0.717, 1.165) is 28.1 Å². The highest BCUT2D eigenvalue weighted by Gasteiger charge is 2.36. The first-order valence-electron chi connectivity index (χ1n) is 8.87. The molecule has 4 rings (SSSR count). The van der Waals surface area contributed by atoms with Gasteiger partial charge in [-0.3, -0.25) is 4.79 Å². The van der Waals surface area contributed by atoms with Crippen molar-refractivity contribution in [2.24, 2.45) is 0 Å². The summed E-state index contributed by atoms with van der Waals surface area (Å²) < 4.78 is -1.93. The van der Waals surface area contributed by atoms with Crippen LogP contribution in [0.1, 0.15) is 0 Å². The van der Waals surface area contributed by atoms with Crippen LogP contribution in [0.2, 0.25) is 0 Å². The lowest BCUT2D eigenvalue weighted by Gasteiger charge is -2.37. The molecule has 2 aromatic carbocycles. The topological polar surface area (TPSA) is 49.3 Å². The number of benzene rings is 2. The van der Waals surface area contributed by atoms with Crippen LogP contribution in [-0.4, -0.2) is 50.7 Å². The SMILES string of the molecule is O=C(N1CCN(c2nc3ccccc3nc2-c2ccccc2)CC1)C(Cl)(Cl)Cl. The fraction of sp³-hybridized carbons (Fsp3) is 0.250. The number of nitrogens with zero attached hydrogens (tertiary/aromatic N) is 4. The first-order chi connectivity index (χ1) is 13.4. The summed E-state index contributed by atoms with van der Waals surface area (Å²) in [5, 5.41) is 0. The Morgan fingerprint density at radius 3 is 2.00 bits per heavy atom. The van der Waals surface area contributed by atoms with Gasteiger partial charge in [-0.15, -0.1) is 0 Å². The zero-order valence-electron chi connectivity index (χ0n) is 14.9. The smallest absolute Gasteiger partial charge is 0.274 e. The van der Waals surface area contributed by atoms with Gasteiger partial charge in [-0.05, 0) is 12.1 Å². The Hall–Kier alpha value is -2.08. The molecular weight excluding hydrogens is 419 g/mol. The van der Waals surface area contributed by atoms with Gasteiger partial charge in [0.25, 0.3) is 9.70 Å². The van der Waals surface area contributed by atoms with Gasteiger partial charge in [-0.2, -0.15) is 0 Å². The Labute approximate surface area is 177 Å². The van der Waals surface area contributed by atoms with Crippen LogP contribution in [0.25, 0.3) is 22.3 Å². The van der Waals surface area contributed by atoms with Crippen LogP contribution in [0.4, 0.5) is 5.82 Å². The third-order valence-electron chi connectivity index (χ3n) is 4.71. The standard InChI is InChI=1S/C20H17Cl3N4O/c21-20(22,23)19(28)27-12-10-26(11-13-27)18-17(14-6-2-1-3-7-14)24-15-8-4-5-9-16(15)25-18/h1-9H,10-13H2. The van der Waals surface area contributed by atoms with E-state index in [9.17, 15) is 4.79 Å². The van der Waals surface area contributed by atoms with Gasteiger partial charge in [0, 0.05) is 31.7 Å². The average molecular weight is 436 g/mol. The molecule has 1 aromatic heterocycles. The summed E-state index contributed by atoms with van der Waals surface area (Å²) in [6.07, 6.45) is 0.